The number of fused-ring (bicyclic) bond motifs is 1. The van der Waals surface area contributed by atoms with Gasteiger partial charge in [-0.3, -0.25) is 4.79 Å². The fourth-order valence-corrected chi connectivity index (χ4v) is 5.64. The highest BCUT2D eigenvalue weighted by atomic mass is 35.5. The molecule has 1 fully saturated rings. The molecule has 6 heteroatoms. The molecule has 2 aromatic carbocycles. The summed E-state index contributed by atoms with van der Waals surface area (Å²) < 4.78 is 1.25. The second-order valence-corrected chi connectivity index (χ2v) is 9.28. The Kier molecular flexibility index (Phi) is 6.01. The number of likely N-dealkylation sites (tertiary alicyclic amines) is 1. The van der Waals surface area contributed by atoms with Crippen LogP contribution in [-0.4, -0.2) is 34.6 Å². The van der Waals surface area contributed by atoms with Crippen LogP contribution in [0.15, 0.2) is 48.5 Å². The summed E-state index contributed by atoms with van der Waals surface area (Å²) in [5.41, 5.74) is 2.25. The fourth-order valence-electron chi connectivity index (χ4n) is 3.41. The molecule has 27 heavy (non-hydrogen) atoms. The van der Waals surface area contributed by atoms with Crippen molar-refractivity contribution in [2.24, 2.45) is 0 Å². The first kappa shape index (κ1) is 18.8. The van der Waals surface area contributed by atoms with Crippen LogP contribution in [0.1, 0.15) is 29.3 Å². The number of halogens is 1. The number of thioether (sulfide) groups is 1. The summed E-state index contributed by atoms with van der Waals surface area (Å²) >= 11 is 9.46. The molecule has 0 aliphatic carbocycles. The van der Waals surface area contributed by atoms with Crippen molar-refractivity contribution in [1.82, 2.24) is 9.88 Å². The zero-order chi connectivity index (χ0) is 18.6. The first-order chi connectivity index (χ1) is 13.2. The van der Waals surface area contributed by atoms with Crippen LogP contribution in [-0.2, 0) is 10.5 Å². The highest BCUT2D eigenvalue weighted by molar-refractivity contribution is 7.99. The summed E-state index contributed by atoms with van der Waals surface area (Å²) in [7, 11) is 0. The Labute approximate surface area is 172 Å². The van der Waals surface area contributed by atoms with Crippen molar-refractivity contribution in [1.29, 1.82) is 0 Å². The van der Waals surface area contributed by atoms with Gasteiger partial charge in [0.2, 0.25) is 5.91 Å². The lowest BCUT2D eigenvalue weighted by Gasteiger charge is -2.31. The molecule has 1 aliphatic heterocycles. The number of para-hydroxylation sites is 1. The molecule has 0 bridgehead atoms. The number of hydrogen-bond donors (Lipinski definition) is 0. The lowest BCUT2D eigenvalue weighted by molar-refractivity contribution is -0.129. The zero-order valence-corrected chi connectivity index (χ0v) is 17.3. The first-order valence-electron chi connectivity index (χ1n) is 9.14. The Balaban J connectivity index is 1.26. The third kappa shape index (κ3) is 4.65. The number of carbonyl (C=O) groups is 1. The molecule has 0 atom stereocenters. The second kappa shape index (κ2) is 8.63. The van der Waals surface area contributed by atoms with Crippen molar-refractivity contribution in [3.05, 3.63) is 64.1 Å². The number of piperidine rings is 1. The maximum Gasteiger partial charge on any atom is 0.232 e. The van der Waals surface area contributed by atoms with E-state index >= 15 is 0 Å². The van der Waals surface area contributed by atoms with E-state index in [9.17, 15) is 4.79 Å². The van der Waals surface area contributed by atoms with E-state index in [1.54, 1.807) is 23.1 Å². The van der Waals surface area contributed by atoms with Crippen molar-refractivity contribution in [3.8, 4) is 0 Å². The van der Waals surface area contributed by atoms with Gasteiger partial charge < -0.3 is 4.90 Å². The molecule has 2 heterocycles. The van der Waals surface area contributed by atoms with Gasteiger partial charge in [-0.1, -0.05) is 35.9 Å². The predicted molar refractivity (Wildman–Crippen MR) is 116 cm³/mol. The van der Waals surface area contributed by atoms with E-state index in [1.165, 1.54) is 9.71 Å². The van der Waals surface area contributed by atoms with Crippen molar-refractivity contribution < 1.29 is 4.79 Å². The van der Waals surface area contributed by atoms with Gasteiger partial charge in [-0.05, 0) is 42.7 Å². The van der Waals surface area contributed by atoms with E-state index in [-0.39, 0.29) is 5.91 Å². The highest BCUT2D eigenvalue weighted by Crippen LogP contribution is 2.34. The summed E-state index contributed by atoms with van der Waals surface area (Å²) in [5.74, 6) is 2.06. The molecule has 1 saturated heterocycles. The highest BCUT2D eigenvalue weighted by Gasteiger charge is 2.25. The van der Waals surface area contributed by atoms with Crippen molar-refractivity contribution in [2.75, 3.05) is 18.8 Å². The standard InChI is InChI=1S/C21H21ClN2OS2/c22-17-5-3-4-15(12-17)13-26-14-20(25)24-10-8-16(9-11-24)21-23-18-6-1-2-7-19(18)27-21/h1-7,12,16H,8-11,13-14H2. The molecule has 0 saturated carbocycles. The van der Waals surface area contributed by atoms with Gasteiger partial charge in [0.25, 0.3) is 0 Å². The van der Waals surface area contributed by atoms with Gasteiger partial charge in [0.15, 0.2) is 0 Å². The fraction of sp³-hybridized carbons (Fsp3) is 0.333. The first-order valence-corrected chi connectivity index (χ1v) is 11.5. The third-order valence-electron chi connectivity index (χ3n) is 4.89. The van der Waals surface area contributed by atoms with E-state index in [0.29, 0.717) is 11.7 Å². The van der Waals surface area contributed by atoms with Gasteiger partial charge in [0, 0.05) is 29.8 Å². The van der Waals surface area contributed by atoms with E-state index < -0.39 is 0 Å². The number of nitrogens with zero attached hydrogens (tertiary/aromatic N) is 2. The summed E-state index contributed by atoms with van der Waals surface area (Å²) in [6.07, 6.45) is 2.01. The van der Waals surface area contributed by atoms with E-state index in [0.717, 1.165) is 47.8 Å². The van der Waals surface area contributed by atoms with Crippen LogP contribution >= 0.6 is 34.7 Å². The quantitative estimate of drug-likeness (QED) is 0.543. The topological polar surface area (TPSA) is 33.2 Å². The van der Waals surface area contributed by atoms with E-state index in [4.69, 9.17) is 16.6 Å². The average molecular weight is 417 g/mol. The molecule has 4 rings (SSSR count). The SMILES string of the molecule is O=C(CSCc1cccc(Cl)c1)N1CCC(c2nc3ccccc3s2)CC1. The summed E-state index contributed by atoms with van der Waals surface area (Å²) in [4.78, 5) is 19.3. The lowest BCUT2D eigenvalue weighted by atomic mass is 9.97. The van der Waals surface area contributed by atoms with Gasteiger partial charge in [0.05, 0.1) is 21.0 Å². The number of hydrogen-bond acceptors (Lipinski definition) is 4. The van der Waals surface area contributed by atoms with Crippen LogP contribution in [0, 0.1) is 0 Å². The summed E-state index contributed by atoms with van der Waals surface area (Å²) in [5, 5.41) is 1.97. The van der Waals surface area contributed by atoms with E-state index in [1.807, 2.05) is 35.2 Å². The number of rotatable bonds is 5. The molecule has 1 aliphatic rings. The largest absolute Gasteiger partial charge is 0.342 e. The van der Waals surface area contributed by atoms with Gasteiger partial charge >= 0.3 is 0 Å². The molecular formula is C21H21ClN2OS2. The molecule has 3 nitrogen and oxygen atoms in total. The minimum Gasteiger partial charge on any atom is -0.342 e. The van der Waals surface area contributed by atoms with Crippen LogP contribution in [0.2, 0.25) is 5.02 Å². The Morgan fingerprint density at radius 2 is 2.00 bits per heavy atom. The summed E-state index contributed by atoms with van der Waals surface area (Å²) in [6, 6.07) is 16.1. The normalized spacial score (nSPS) is 15.4. The van der Waals surface area contributed by atoms with Gasteiger partial charge in [0.1, 0.15) is 0 Å². The molecule has 0 unspecified atom stereocenters. The third-order valence-corrected chi connectivity index (χ3v) is 7.31. The molecular weight excluding hydrogens is 396 g/mol. The monoisotopic (exact) mass is 416 g/mol. The number of thiazole rings is 1. The average Bonchev–Trinajstić information content (AvgIpc) is 3.12. The lowest BCUT2D eigenvalue weighted by Crippen LogP contribution is -2.38. The molecule has 0 N–H and O–H groups in total. The number of benzene rings is 2. The minimum atomic E-state index is 0.241. The number of carbonyl (C=O) groups excluding carboxylic acids is 1. The Morgan fingerprint density at radius 1 is 1.19 bits per heavy atom. The minimum absolute atomic E-state index is 0.241. The van der Waals surface area contributed by atoms with Gasteiger partial charge in [-0.15, -0.1) is 23.1 Å². The molecule has 140 valence electrons. The maximum absolute atomic E-state index is 12.5. The van der Waals surface area contributed by atoms with E-state index in [2.05, 4.69) is 18.2 Å². The zero-order valence-electron chi connectivity index (χ0n) is 14.9. The Hall–Kier alpha value is -1.56. The molecule has 1 aromatic heterocycles. The molecule has 0 spiro atoms. The summed E-state index contributed by atoms with van der Waals surface area (Å²) in [6.45, 7) is 1.66. The number of amides is 1. The van der Waals surface area contributed by atoms with Gasteiger partial charge in [-0.2, -0.15) is 0 Å². The number of aromatic nitrogens is 1. The van der Waals surface area contributed by atoms with Crippen molar-refractivity contribution in [2.45, 2.75) is 24.5 Å². The molecule has 1 amide bonds. The second-order valence-electron chi connectivity index (χ2n) is 6.80. The predicted octanol–water partition coefficient (Wildman–Crippen LogP) is 5.59. The molecule has 0 radical (unpaired) electrons. The Morgan fingerprint density at radius 3 is 2.78 bits per heavy atom. The van der Waals surface area contributed by atoms with Crippen LogP contribution in [0.5, 0.6) is 0 Å². The van der Waals surface area contributed by atoms with Crippen molar-refractivity contribution in [3.63, 3.8) is 0 Å². The Bertz CT molecular complexity index is 902. The van der Waals surface area contributed by atoms with Gasteiger partial charge in [-0.25, -0.2) is 4.98 Å². The van der Waals surface area contributed by atoms with Crippen LogP contribution in [0.3, 0.4) is 0 Å². The van der Waals surface area contributed by atoms with Crippen molar-refractivity contribution >= 4 is 50.8 Å². The van der Waals surface area contributed by atoms with Crippen LogP contribution in [0.4, 0.5) is 0 Å². The maximum atomic E-state index is 12.5. The van der Waals surface area contributed by atoms with Crippen LogP contribution < -0.4 is 0 Å². The molecule has 3 aromatic rings. The van der Waals surface area contributed by atoms with Crippen LogP contribution in [0.25, 0.3) is 10.2 Å². The smallest absolute Gasteiger partial charge is 0.232 e.